The summed E-state index contributed by atoms with van der Waals surface area (Å²) < 4.78 is 41.5. The number of pyridine rings is 1. The van der Waals surface area contributed by atoms with Crippen LogP contribution in [0.3, 0.4) is 0 Å². The lowest BCUT2D eigenvalue weighted by molar-refractivity contribution is -0.385. The normalized spacial score (nSPS) is 11.5. The number of aromatic nitrogens is 3. The second-order valence-corrected chi connectivity index (χ2v) is 7.97. The van der Waals surface area contributed by atoms with Gasteiger partial charge in [-0.2, -0.15) is 18.3 Å². The number of alkyl halides is 3. The predicted octanol–water partition coefficient (Wildman–Crippen LogP) is 3.82. The van der Waals surface area contributed by atoms with Crippen molar-refractivity contribution in [3.05, 3.63) is 69.5 Å². The number of hydrogen-bond acceptors (Lipinski definition) is 7. The van der Waals surface area contributed by atoms with E-state index >= 15 is 0 Å². The number of rotatable bonds is 6. The highest BCUT2D eigenvalue weighted by Crippen LogP contribution is 2.43. The minimum Gasteiger partial charge on any atom is -0.365 e. The summed E-state index contributed by atoms with van der Waals surface area (Å²) in [5.41, 5.74) is 4.32. The summed E-state index contributed by atoms with van der Waals surface area (Å²) in [6.07, 6.45) is -2.77. The van der Waals surface area contributed by atoms with Gasteiger partial charge in [0.2, 0.25) is 5.91 Å². The fourth-order valence-electron chi connectivity index (χ4n) is 3.24. The van der Waals surface area contributed by atoms with Gasteiger partial charge in [-0.25, -0.2) is 4.98 Å². The molecule has 1 aromatic carbocycles. The molecule has 0 saturated carbocycles. The number of halogens is 3. The second-order valence-electron chi connectivity index (χ2n) is 6.97. The topological polar surface area (TPSA) is 146 Å². The highest BCUT2D eigenvalue weighted by atomic mass is 32.1. The smallest absolute Gasteiger partial charge is 0.365 e. The van der Waals surface area contributed by atoms with Crippen molar-refractivity contribution in [1.82, 2.24) is 14.8 Å². The van der Waals surface area contributed by atoms with Crippen LogP contribution in [0.25, 0.3) is 21.3 Å². The zero-order chi connectivity index (χ0) is 24.6. The molecule has 0 saturated heterocycles. The molecule has 0 fully saturated rings. The van der Waals surface area contributed by atoms with Crippen molar-refractivity contribution in [2.24, 2.45) is 5.73 Å². The molecule has 0 aliphatic rings. The van der Waals surface area contributed by atoms with Crippen LogP contribution in [0.1, 0.15) is 15.4 Å². The summed E-state index contributed by atoms with van der Waals surface area (Å²) in [6.45, 7) is -0.460. The van der Waals surface area contributed by atoms with Gasteiger partial charge in [-0.1, -0.05) is 30.3 Å². The summed E-state index contributed by atoms with van der Waals surface area (Å²) >= 11 is 0.615. The summed E-state index contributed by atoms with van der Waals surface area (Å²) in [7, 11) is 0. The molecule has 10 nitrogen and oxygen atoms in total. The van der Waals surface area contributed by atoms with Crippen LogP contribution in [0.2, 0.25) is 0 Å². The molecular formula is C20H13F3N6O4S. The molecule has 3 heterocycles. The third-order valence-corrected chi connectivity index (χ3v) is 5.76. The molecule has 3 aromatic heterocycles. The highest BCUT2D eigenvalue weighted by Gasteiger charge is 2.35. The van der Waals surface area contributed by atoms with Crippen LogP contribution in [0.15, 0.2) is 48.8 Å². The van der Waals surface area contributed by atoms with Gasteiger partial charge in [0.1, 0.15) is 34.3 Å². The number of nitro groups is 1. The van der Waals surface area contributed by atoms with Crippen LogP contribution in [-0.2, 0) is 17.5 Å². The fourth-order valence-corrected chi connectivity index (χ4v) is 4.25. The zero-order valence-corrected chi connectivity index (χ0v) is 17.7. The molecule has 3 N–H and O–H groups in total. The molecule has 174 valence electrons. The van der Waals surface area contributed by atoms with Crippen molar-refractivity contribution in [3.63, 3.8) is 0 Å². The Bertz CT molecular complexity index is 1430. The molecule has 4 rings (SSSR count). The second kappa shape index (κ2) is 8.55. The van der Waals surface area contributed by atoms with E-state index in [4.69, 9.17) is 5.73 Å². The number of primary amides is 1. The van der Waals surface area contributed by atoms with E-state index in [0.717, 1.165) is 23.1 Å². The molecule has 0 unspecified atom stereocenters. The highest BCUT2D eigenvalue weighted by molar-refractivity contribution is 7.21. The molecule has 4 aromatic rings. The van der Waals surface area contributed by atoms with E-state index in [-0.39, 0.29) is 32.0 Å². The molecule has 0 spiro atoms. The Hall–Kier alpha value is -4.33. The largest absolute Gasteiger partial charge is 0.433 e. The van der Waals surface area contributed by atoms with Gasteiger partial charge in [-0.05, 0) is 17.2 Å². The number of nitrogens with zero attached hydrogens (tertiary/aromatic N) is 4. The minimum absolute atomic E-state index is 0.0895. The molecule has 0 radical (unpaired) electrons. The maximum atomic E-state index is 13.5. The number of nitrogens with two attached hydrogens (primary N) is 1. The summed E-state index contributed by atoms with van der Waals surface area (Å²) in [5.74, 6) is -1.71. The monoisotopic (exact) mass is 490 g/mol. The molecule has 0 atom stereocenters. The number of thiophene rings is 1. The summed E-state index contributed by atoms with van der Waals surface area (Å²) in [6, 6.07) is 8.91. The Morgan fingerprint density at radius 1 is 1.24 bits per heavy atom. The van der Waals surface area contributed by atoms with Gasteiger partial charge in [-0.3, -0.25) is 24.4 Å². The first-order valence-corrected chi connectivity index (χ1v) is 10.2. The minimum atomic E-state index is -4.76. The van der Waals surface area contributed by atoms with Gasteiger partial charge in [0.25, 0.3) is 5.91 Å². The maximum Gasteiger partial charge on any atom is 0.433 e. The first-order valence-electron chi connectivity index (χ1n) is 9.41. The van der Waals surface area contributed by atoms with Crippen molar-refractivity contribution < 1.29 is 27.7 Å². The number of benzene rings is 1. The number of nitrogens with one attached hydrogen (secondary N) is 1. The number of anilines is 1. The van der Waals surface area contributed by atoms with E-state index in [1.54, 1.807) is 30.3 Å². The molecule has 14 heteroatoms. The molecule has 0 aliphatic carbocycles. The van der Waals surface area contributed by atoms with Gasteiger partial charge in [0.15, 0.2) is 0 Å². The van der Waals surface area contributed by atoms with Gasteiger partial charge in [-0.15, -0.1) is 11.3 Å². The van der Waals surface area contributed by atoms with Gasteiger partial charge < -0.3 is 11.1 Å². The lowest BCUT2D eigenvalue weighted by Gasteiger charge is -2.12. The number of amides is 2. The van der Waals surface area contributed by atoms with Crippen molar-refractivity contribution >= 4 is 44.7 Å². The van der Waals surface area contributed by atoms with Crippen LogP contribution in [0, 0.1) is 10.1 Å². The molecule has 0 aliphatic heterocycles. The Kier molecular flexibility index (Phi) is 5.75. The first kappa shape index (κ1) is 22.8. The van der Waals surface area contributed by atoms with Gasteiger partial charge in [0.05, 0.1) is 10.6 Å². The lowest BCUT2D eigenvalue weighted by atomic mass is 10.0. The van der Waals surface area contributed by atoms with Crippen LogP contribution < -0.4 is 11.1 Å². The standard InChI is InChI=1S/C20H13F3N6O4S/c21-20(22,23)13-6-12(10-4-2-1-3-5-10)15-16(17(18(24)31)34-19(15)26-13)27-14(30)9-28-8-11(7-25-28)29(32)33/h1-8H,9H2,(H2,24,31)(H,27,30). The van der Waals surface area contributed by atoms with Crippen molar-refractivity contribution in [2.45, 2.75) is 12.7 Å². The van der Waals surface area contributed by atoms with E-state index in [1.807, 2.05) is 0 Å². The number of carbonyl (C=O) groups is 2. The quantitative estimate of drug-likeness (QED) is 0.310. The van der Waals surface area contributed by atoms with E-state index in [9.17, 15) is 32.9 Å². The van der Waals surface area contributed by atoms with Gasteiger partial charge in [0, 0.05) is 5.39 Å². The van der Waals surface area contributed by atoms with Crippen molar-refractivity contribution in [3.8, 4) is 11.1 Å². The Morgan fingerprint density at radius 2 is 1.94 bits per heavy atom. The van der Waals surface area contributed by atoms with E-state index < -0.39 is 35.2 Å². The molecule has 0 bridgehead atoms. The maximum absolute atomic E-state index is 13.5. The first-order chi connectivity index (χ1) is 16.0. The summed E-state index contributed by atoms with van der Waals surface area (Å²) in [4.78, 5) is 38.2. The third-order valence-electron chi connectivity index (χ3n) is 4.66. The van der Waals surface area contributed by atoms with Crippen LogP contribution in [0.4, 0.5) is 24.5 Å². The van der Waals surface area contributed by atoms with Crippen LogP contribution in [0.5, 0.6) is 0 Å². The SMILES string of the molecule is NC(=O)c1sc2nc(C(F)(F)F)cc(-c3ccccc3)c2c1NC(=O)Cn1cc([N+](=O)[O-])cn1. The van der Waals surface area contributed by atoms with Crippen molar-refractivity contribution in [1.29, 1.82) is 0 Å². The Morgan fingerprint density at radius 3 is 2.53 bits per heavy atom. The van der Waals surface area contributed by atoms with Crippen molar-refractivity contribution in [2.75, 3.05) is 5.32 Å². The number of hydrogen-bond donors (Lipinski definition) is 2. The van der Waals surface area contributed by atoms with E-state index in [0.29, 0.717) is 16.9 Å². The predicted molar refractivity (Wildman–Crippen MR) is 116 cm³/mol. The third kappa shape index (κ3) is 4.43. The summed E-state index contributed by atoms with van der Waals surface area (Å²) in [5, 5.41) is 17.1. The van der Waals surface area contributed by atoms with E-state index in [1.165, 1.54) is 0 Å². The number of fused-ring (bicyclic) bond motifs is 1. The fraction of sp³-hybridized carbons (Fsp3) is 0.100. The molecular weight excluding hydrogens is 477 g/mol. The van der Waals surface area contributed by atoms with Gasteiger partial charge >= 0.3 is 11.9 Å². The van der Waals surface area contributed by atoms with Crippen LogP contribution in [-0.4, -0.2) is 31.5 Å². The van der Waals surface area contributed by atoms with Crippen LogP contribution >= 0.6 is 11.3 Å². The number of carbonyl (C=O) groups excluding carboxylic acids is 2. The average Bonchev–Trinajstić information content (AvgIpc) is 3.38. The average molecular weight is 490 g/mol. The van der Waals surface area contributed by atoms with E-state index in [2.05, 4.69) is 15.4 Å². The Labute approximate surface area is 192 Å². The zero-order valence-electron chi connectivity index (χ0n) is 16.9. The lowest BCUT2D eigenvalue weighted by Crippen LogP contribution is -2.21. The Balaban J connectivity index is 1.84. The molecule has 2 amide bonds. The molecule has 34 heavy (non-hydrogen) atoms.